The van der Waals surface area contributed by atoms with Crippen molar-refractivity contribution in [3.63, 3.8) is 0 Å². The molecule has 15 heavy (non-hydrogen) atoms. The van der Waals surface area contributed by atoms with Crippen molar-refractivity contribution in [2.45, 2.75) is 30.6 Å². The molecule has 1 fully saturated rings. The third-order valence-electron chi connectivity index (χ3n) is 2.18. The summed E-state index contributed by atoms with van der Waals surface area (Å²) in [6.45, 7) is -0.486. The highest BCUT2D eigenvalue weighted by Crippen LogP contribution is 2.19. The summed E-state index contributed by atoms with van der Waals surface area (Å²) < 4.78 is 5.05. The normalized spacial score (nSPS) is 41.2. The standard InChI is InChI=1S/C7H14N2O5S/c8-7(15)9-6-5(13)4(12)3(11)2(1-10)14-6/h2-6,10-13H,1H2,(H3,8,9,15)/t2-,3+,4+,5-,6+/m1/s1. The largest absolute Gasteiger partial charge is 0.394 e. The molecule has 0 aromatic carbocycles. The zero-order chi connectivity index (χ0) is 11.6. The molecule has 1 rings (SSSR count). The lowest BCUT2D eigenvalue weighted by Crippen LogP contribution is -2.63. The highest BCUT2D eigenvalue weighted by Gasteiger charge is 2.43. The highest BCUT2D eigenvalue weighted by molar-refractivity contribution is 7.80. The van der Waals surface area contributed by atoms with Crippen molar-refractivity contribution in [1.29, 1.82) is 0 Å². The van der Waals surface area contributed by atoms with Gasteiger partial charge in [-0.2, -0.15) is 0 Å². The summed E-state index contributed by atoms with van der Waals surface area (Å²) in [5, 5.41) is 39.4. The fraction of sp³-hybridized carbons (Fsp3) is 0.857. The first-order valence-electron chi connectivity index (χ1n) is 4.34. The molecule has 0 amide bonds. The Balaban J connectivity index is 2.69. The molecule has 7 nitrogen and oxygen atoms in total. The lowest BCUT2D eigenvalue weighted by molar-refractivity contribution is -0.232. The third-order valence-corrected chi connectivity index (χ3v) is 2.29. The quantitative estimate of drug-likeness (QED) is 0.275. The molecule has 1 heterocycles. The Bertz CT molecular complexity index is 239. The van der Waals surface area contributed by atoms with Crippen LogP contribution in [0.5, 0.6) is 0 Å². The molecule has 0 aliphatic carbocycles. The van der Waals surface area contributed by atoms with Crippen LogP contribution in [0.2, 0.25) is 0 Å². The molecule has 88 valence electrons. The number of aliphatic hydroxyl groups excluding tert-OH is 4. The van der Waals surface area contributed by atoms with E-state index in [2.05, 4.69) is 17.5 Å². The summed E-state index contributed by atoms with van der Waals surface area (Å²) in [5.41, 5.74) is 5.18. The summed E-state index contributed by atoms with van der Waals surface area (Å²) in [7, 11) is 0. The van der Waals surface area contributed by atoms with Crippen LogP contribution < -0.4 is 11.1 Å². The molecule has 0 unspecified atom stereocenters. The summed E-state index contributed by atoms with van der Waals surface area (Å²) >= 11 is 4.54. The summed E-state index contributed by atoms with van der Waals surface area (Å²) in [4.78, 5) is 0. The lowest BCUT2D eigenvalue weighted by atomic mass is 9.98. The molecular formula is C7H14N2O5S. The monoisotopic (exact) mass is 238 g/mol. The number of ether oxygens (including phenoxy) is 1. The van der Waals surface area contributed by atoms with Crippen LogP contribution in [0.3, 0.4) is 0 Å². The second-order valence-electron chi connectivity index (χ2n) is 3.26. The fourth-order valence-electron chi connectivity index (χ4n) is 1.36. The van der Waals surface area contributed by atoms with Gasteiger partial charge in [-0.25, -0.2) is 0 Å². The Hall–Kier alpha value is -0.510. The van der Waals surface area contributed by atoms with Crippen LogP contribution in [0, 0.1) is 0 Å². The summed E-state index contributed by atoms with van der Waals surface area (Å²) in [5.74, 6) is 0. The summed E-state index contributed by atoms with van der Waals surface area (Å²) in [6, 6.07) is 0. The van der Waals surface area contributed by atoms with Gasteiger partial charge in [0.15, 0.2) is 11.3 Å². The van der Waals surface area contributed by atoms with Crippen molar-refractivity contribution >= 4 is 17.3 Å². The Labute approximate surface area is 91.5 Å². The van der Waals surface area contributed by atoms with E-state index in [1.165, 1.54) is 0 Å². The van der Waals surface area contributed by atoms with Crippen molar-refractivity contribution in [3.8, 4) is 0 Å². The fourth-order valence-corrected chi connectivity index (χ4v) is 1.48. The number of rotatable bonds is 2. The van der Waals surface area contributed by atoms with E-state index >= 15 is 0 Å². The number of thiocarbonyl (C=S) groups is 1. The van der Waals surface area contributed by atoms with E-state index in [9.17, 15) is 15.3 Å². The van der Waals surface area contributed by atoms with E-state index in [4.69, 9.17) is 15.6 Å². The average Bonchev–Trinajstić information content (AvgIpc) is 2.18. The molecule has 7 N–H and O–H groups in total. The van der Waals surface area contributed by atoms with Crippen LogP contribution in [0.4, 0.5) is 0 Å². The van der Waals surface area contributed by atoms with E-state index < -0.39 is 37.3 Å². The molecule has 1 aliphatic heterocycles. The Morgan fingerprint density at radius 3 is 2.33 bits per heavy atom. The molecule has 0 spiro atoms. The van der Waals surface area contributed by atoms with Crippen LogP contribution in [0.25, 0.3) is 0 Å². The second-order valence-corrected chi connectivity index (χ2v) is 3.70. The van der Waals surface area contributed by atoms with E-state index in [0.29, 0.717) is 0 Å². The van der Waals surface area contributed by atoms with Crippen LogP contribution >= 0.6 is 12.2 Å². The van der Waals surface area contributed by atoms with Crippen molar-refractivity contribution in [2.24, 2.45) is 5.73 Å². The van der Waals surface area contributed by atoms with Crippen LogP contribution in [-0.2, 0) is 4.74 Å². The van der Waals surface area contributed by atoms with Gasteiger partial charge < -0.3 is 36.2 Å². The first-order chi connectivity index (χ1) is 6.97. The van der Waals surface area contributed by atoms with Gasteiger partial charge >= 0.3 is 0 Å². The van der Waals surface area contributed by atoms with Gasteiger partial charge in [0.2, 0.25) is 0 Å². The highest BCUT2D eigenvalue weighted by atomic mass is 32.1. The van der Waals surface area contributed by atoms with E-state index in [0.717, 1.165) is 0 Å². The Morgan fingerprint density at radius 2 is 1.87 bits per heavy atom. The lowest BCUT2D eigenvalue weighted by Gasteiger charge is -2.40. The van der Waals surface area contributed by atoms with Crippen LogP contribution in [-0.4, -0.2) is 62.8 Å². The molecule has 0 aromatic rings. The van der Waals surface area contributed by atoms with Crippen molar-refractivity contribution in [1.82, 2.24) is 5.32 Å². The predicted octanol–water partition coefficient (Wildman–Crippen LogP) is -3.38. The summed E-state index contributed by atoms with van der Waals surface area (Å²) in [6.07, 6.45) is -6.19. The Morgan fingerprint density at radius 1 is 1.27 bits per heavy atom. The molecule has 5 atom stereocenters. The predicted molar refractivity (Wildman–Crippen MR) is 53.7 cm³/mol. The van der Waals surface area contributed by atoms with Crippen molar-refractivity contribution < 1.29 is 25.2 Å². The average molecular weight is 238 g/mol. The van der Waals surface area contributed by atoms with E-state index in [1.54, 1.807) is 0 Å². The van der Waals surface area contributed by atoms with E-state index in [1.807, 2.05) is 0 Å². The maximum absolute atomic E-state index is 9.48. The van der Waals surface area contributed by atoms with Gasteiger partial charge in [-0.3, -0.25) is 0 Å². The minimum absolute atomic E-state index is 0.112. The molecule has 8 heteroatoms. The number of hydrogen-bond donors (Lipinski definition) is 6. The molecular weight excluding hydrogens is 224 g/mol. The van der Waals surface area contributed by atoms with Crippen molar-refractivity contribution in [2.75, 3.05) is 6.61 Å². The molecule has 1 saturated heterocycles. The molecule has 0 saturated carbocycles. The molecule has 1 aliphatic rings. The van der Waals surface area contributed by atoms with E-state index in [-0.39, 0.29) is 5.11 Å². The molecule has 0 bridgehead atoms. The number of nitrogens with two attached hydrogens (primary N) is 1. The zero-order valence-electron chi connectivity index (χ0n) is 7.78. The van der Waals surface area contributed by atoms with Crippen LogP contribution in [0.15, 0.2) is 0 Å². The number of aliphatic hydroxyl groups is 4. The van der Waals surface area contributed by atoms with Gasteiger partial charge in [-0.05, 0) is 12.2 Å². The number of nitrogens with one attached hydrogen (secondary N) is 1. The first-order valence-corrected chi connectivity index (χ1v) is 4.74. The first kappa shape index (κ1) is 12.6. The molecule has 0 aromatic heterocycles. The van der Waals surface area contributed by atoms with Gasteiger partial charge in [0, 0.05) is 0 Å². The maximum atomic E-state index is 9.48. The second kappa shape index (κ2) is 5.01. The van der Waals surface area contributed by atoms with Crippen molar-refractivity contribution in [3.05, 3.63) is 0 Å². The van der Waals surface area contributed by atoms with Gasteiger partial charge in [0.05, 0.1) is 6.61 Å². The smallest absolute Gasteiger partial charge is 0.165 e. The SMILES string of the molecule is NC(=S)N[C@H]1O[C@H](CO)[C@H](O)[C@H](O)[C@H]1O. The minimum atomic E-state index is -1.43. The zero-order valence-corrected chi connectivity index (χ0v) is 8.59. The molecule has 0 radical (unpaired) electrons. The van der Waals surface area contributed by atoms with Gasteiger partial charge in [-0.15, -0.1) is 0 Å². The topological polar surface area (TPSA) is 128 Å². The van der Waals surface area contributed by atoms with Crippen LogP contribution in [0.1, 0.15) is 0 Å². The maximum Gasteiger partial charge on any atom is 0.165 e. The minimum Gasteiger partial charge on any atom is -0.394 e. The Kier molecular flexibility index (Phi) is 4.20. The number of hydrogen-bond acceptors (Lipinski definition) is 6. The van der Waals surface area contributed by atoms with Gasteiger partial charge in [0.25, 0.3) is 0 Å². The third kappa shape index (κ3) is 2.74. The van der Waals surface area contributed by atoms with Gasteiger partial charge in [0.1, 0.15) is 24.4 Å². The van der Waals surface area contributed by atoms with Gasteiger partial charge in [-0.1, -0.05) is 0 Å².